The summed E-state index contributed by atoms with van der Waals surface area (Å²) in [5, 5.41) is 9.53. The molecule has 3 N–H and O–H groups in total. The van der Waals surface area contributed by atoms with E-state index in [0.717, 1.165) is 0 Å². The molecule has 0 spiro atoms. The Kier molecular flexibility index (Phi) is 1.66. The number of anilines is 1. The lowest BCUT2D eigenvalue weighted by atomic mass is 10.2. The van der Waals surface area contributed by atoms with E-state index in [1.807, 2.05) is 0 Å². The van der Waals surface area contributed by atoms with Crippen LogP contribution in [0, 0.1) is 0 Å². The maximum Gasteiger partial charge on any atom is 0.141 e. The molecule has 0 aliphatic carbocycles. The monoisotopic (exact) mass is 175 g/mol. The van der Waals surface area contributed by atoms with Gasteiger partial charge < -0.3 is 15.4 Å². The van der Waals surface area contributed by atoms with E-state index < -0.39 is 0 Å². The van der Waals surface area contributed by atoms with Crippen molar-refractivity contribution in [1.82, 2.24) is 9.55 Å². The lowest BCUT2D eigenvalue weighted by Crippen LogP contribution is -1.97. The molecule has 0 radical (unpaired) electrons. The van der Waals surface area contributed by atoms with Gasteiger partial charge in [0, 0.05) is 12.4 Å². The van der Waals surface area contributed by atoms with Crippen LogP contribution in [-0.4, -0.2) is 14.7 Å². The number of hydrogen-bond acceptors (Lipinski definition) is 3. The molecule has 0 atom stereocenters. The molecular formula is C9H9N3O. The third kappa shape index (κ3) is 1.22. The number of aromatic hydroxyl groups is 1. The van der Waals surface area contributed by atoms with Gasteiger partial charge in [0.25, 0.3) is 0 Å². The summed E-state index contributed by atoms with van der Waals surface area (Å²) in [6.07, 6.45) is 4.95. The van der Waals surface area contributed by atoms with E-state index >= 15 is 0 Å². The van der Waals surface area contributed by atoms with E-state index in [-0.39, 0.29) is 5.75 Å². The topological polar surface area (TPSA) is 64.1 Å². The van der Waals surface area contributed by atoms with Crippen molar-refractivity contribution in [1.29, 1.82) is 0 Å². The van der Waals surface area contributed by atoms with E-state index in [4.69, 9.17) is 5.73 Å². The molecule has 4 heteroatoms. The van der Waals surface area contributed by atoms with Crippen LogP contribution in [0.3, 0.4) is 0 Å². The molecule has 0 fully saturated rings. The van der Waals surface area contributed by atoms with Gasteiger partial charge in [-0.25, -0.2) is 4.98 Å². The number of rotatable bonds is 1. The minimum atomic E-state index is 0.151. The molecule has 1 aromatic carbocycles. The fourth-order valence-electron chi connectivity index (χ4n) is 1.22. The lowest BCUT2D eigenvalue weighted by molar-refractivity contribution is 0.472. The molecule has 2 aromatic rings. The highest BCUT2D eigenvalue weighted by Gasteiger charge is 2.05. The standard InChI is InChI=1S/C9H9N3O/c10-7-2-1-3-8(13)9(7)12-5-4-11-6-12/h1-6,13H,10H2. The molecule has 66 valence electrons. The van der Waals surface area contributed by atoms with E-state index in [0.29, 0.717) is 11.4 Å². The third-order valence-corrected chi connectivity index (χ3v) is 1.81. The number of para-hydroxylation sites is 1. The second-order valence-electron chi connectivity index (χ2n) is 2.68. The lowest BCUT2D eigenvalue weighted by Gasteiger charge is -2.07. The van der Waals surface area contributed by atoms with Crippen molar-refractivity contribution in [3.63, 3.8) is 0 Å². The average molecular weight is 175 g/mol. The van der Waals surface area contributed by atoms with Crippen molar-refractivity contribution in [3.05, 3.63) is 36.9 Å². The average Bonchev–Trinajstić information content (AvgIpc) is 2.57. The third-order valence-electron chi connectivity index (χ3n) is 1.81. The van der Waals surface area contributed by atoms with E-state index in [1.54, 1.807) is 41.5 Å². The predicted octanol–water partition coefficient (Wildman–Crippen LogP) is 1.16. The minimum absolute atomic E-state index is 0.151. The summed E-state index contributed by atoms with van der Waals surface area (Å²) >= 11 is 0. The Morgan fingerprint density at radius 3 is 2.85 bits per heavy atom. The van der Waals surface area contributed by atoms with Gasteiger partial charge in [-0.2, -0.15) is 0 Å². The van der Waals surface area contributed by atoms with Crippen LogP contribution in [0.1, 0.15) is 0 Å². The van der Waals surface area contributed by atoms with Crippen LogP contribution in [0.4, 0.5) is 5.69 Å². The van der Waals surface area contributed by atoms with Gasteiger partial charge >= 0.3 is 0 Å². The molecule has 0 aliphatic rings. The molecule has 0 unspecified atom stereocenters. The highest BCUT2D eigenvalue weighted by Crippen LogP contribution is 2.26. The first kappa shape index (κ1) is 7.67. The van der Waals surface area contributed by atoms with Gasteiger partial charge in [0.1, 0.15) is 11.4 Å². The minimum Gasteiger partial charge on any atom is -0.506 e. The number of hydrogen-bond donors (Lipinski definition) is 2. The van der Waals surface area contributed by atoms with Gasteiger partial charge in [0.05, 0.1) is 12.0 Å². The fourth-order valence-corrected chi connectivity index (χ4v) is 1.22. The van der Waals surface area contributed by atoms with Gasteiger partial charge in [-0.3, -0.25) is 0 Å². The zero-order valence-corrected chi connectivity index (χ0v) is 6.88. The molecule has 0 aliphatic heterocycles. The summed E-state index contributed by atoms with van der Waals surface area (Å²) < 4.78 is 1.67. The molecule has 1 aromatic heterocycles. The molecule has 2 rings (SSSR count). The zero-order valence-electron chi connectivity index (χ0n) is 6.88. The second-order valence-corrected chi connectivity index (χ2v) is 2.68. The molecule has 4 nitrogen and oxygen atoms in total. The molecule has 1 heterocycles. The summed E-state index contributed by atoms with van der Waals surface area (Å²) in [5.41, 5.74) is 6.80. The first-order valence-electron chi connectivity index (χ1n) is 3.85. The number of imidazole rings is 1. The highest BCUT2D eigenvalue weighted by molar-refractivity contribution is 5.64. The van der Waals surface area contributed by atoms with Crippen molar-refractivity contribution in [3.8, 4) is 11.4 Å². The van der Waals surface area contributed by atoms with Crippen LogP contribution in [0.5, 0.6) is 5.75 Å². The number of nitrogens with zero attached hydrogens (tertiary/aromatic N) is 2. The first-order chi connectivity index (χ1) is 6.29. The van der Waals surface area contributed by atoms with E-state index in [2.05, 4.69) is 4.98 Å². The van der Waals surface area contributed by atoms with E-state index in [1.165, 1.54) is 0 Å². The molecule has 0 saturated carbocycles. The summed E-state index contributed by atoms with van der Waals surface area (Å²) in [4.78, 5) is 3.88. The highest BCUT2D eigenvalue weighted by atomic mass is 16.3. The van der Waals surface area contributed by atoms with Crippen molar-refractivity contribution >= 4 is 5.69 Å². The molecule has 0 amide bonds. The predicted molar refractivity (Wildman–Crippen MR) is 49.6 cm³/mol. The van der Waals surface area contributed by atoms with Gasteiger partial charge in [-0.1, -0.05) is 6.07 Å². The van der Waals surface area contributed by atoms with Crippen LogP contribution in [0.25, 0.3) is 5.69 Å². The van der Waals surface area contributed by atoms with Gasteiger partial charge in [-0.05, 0) is 12.1 Å². The van der Waals surface area contributed by atoms with Gasteiger partial charge in [-0.15, -0.1) is 0 Å². The van der Waals surface area contributed by atoms with Crippen molar-refractivity contribution in [2.45, 2.75) is 0 Å². The Bertz CT molecular complexity index is 389. The summed E-state index contributed by atoms with van der Waals surface area (Å²) in [6.45, 7) is 0. The zero-order chi connectivity index (χ0) is 9.26. The fraction of sp³-hybridized carbons (Fsp3) is 0. The summed E-state index contributed by atoms with van der Waals surface area (Å²) in [5.74, 6) is 0.151. The summed E-state index contributed by atoms with van der Waals surface area (Å²) in [7, 11) is 0. The maximum absolute atomic E-state index is 9.53. The van der Waals surface area contributed by atoms with Crippen LogP contribution in [-0.2, 0) is 0 Å². The number of nitrogens with two attached hydrogens (primary N) is 1. The summed E-state index contributed by atoms with van der Waals surface area (Å²) in [6, 6.07) is 5.02. The van der Waals surface area contributed by atoms with Crippen LogP contribution in [0.2, 0.25) is 0 Å². The molecule has 0 saturated heterocycles. The first-order valence-corrected chi connectivity index (χ1v) is 3.85. The Balaban J connectivity index is 2.64. The van der Waals surface area contributed by atoms with Crippen LogP contribution < -0.4 is 5.73 Å². The largest absolute Gasteiger partial charge is 0.506 e. The van der Waals surface area contributed by atoms with Crippen LogP contribution in [0.15, 0.2) is 36.9 Å². The normalized spacial score (nSPS) is 10.2. The second kappa shape index (κ2) is 2.82. The van der Waals surface area contributed by atoms with Gasteiger partial charge in [0.2, 0.25) is 0 Å². The van der Waals surface area contributed by atoms with Crippen molar-refractivity contribution in [2.24, 2.45) is 0 Å². The Hall–Kier alpha value is -1.97. The number of aromatic nitrogens is 2. The maximum atomic E-state index is 9.53. The van der Waals surface area contributed by atoms with E-state index in [9.17, 15) is 5.11 Å². The quantitative estimate of drug-likeness (QED) is 0.639. The van der Waals surface area contributed by atoms with Gasteiger partial charge in [0.15, 0.2) is 0 Å². The Morgan fingerprint density at radius 2 is 2.23 bits per heavy atom. The van der Waals surface area contributed by atoms with Crippen LogP contribution >= 0.6 is 0 Å². The number of phenolic OH excluding ortho intramolecular Hbond substituents is 1. The molecule has 13 heavy (non-hydrogen) atoms. The number of benzene rings is 1. The van der Waals surface area contributed by atoms with Crippen molar-refractivity contribution in [2.75, 3.05) is 5.73 Å². The SMILES string of the molecule is Nc1cccc(O)c1-n1ccnc1. The van der Waals surface area contributed by atoms with Crippen molar-refractivity contribution < 1.29 is 5.11 Å². The number of nitrogen functional groups attached to an aromatic ring is 1. The number of phenols is 1. The Labute approximate surface area is 75.3 Å². The Morgan fingerprint density at radius 1 is 1.38 bits per heavy atom. The smallest absolute Gasteiger partial charge is 0.141 e. The molecule has 0 bridgehead atoms. The molecular weight excluding hydrogens is 166 g/mol.